The zero-order chi connectivity index (χ0) is 14.5. The predicted molar refractivity (Wildman–Crippen MR) is 82.0 cm³/mol. The minimum atomic E-state index is -0.733. The first kappa shape index (κ1) is 15.5. The fourth-order valence-electron chi connectivity index (χ4n) is 2.82. The van der Waals surface area contributed by atoms with E-state index in [1.807, 2.05) is 18.9 Å². The van der Waals surface area contributed by atoms with Crippen LogP contribution in [-0.4, -0.2) is 47.1 Å². The smallest absolute Gasteiger partial charge is 0.320 e. The van der Waals surface area contributed by atoms with Gasteiger partial charge < -0.3 is 5.11 Å². The first-order chi connectivity index (χ1) is 9.60. The molecule has 4 nitrogen and oxygen atoms in total. The quantitative estimate of drug-likeness (QED) is 0.840. The van der Waals surface area contributed by atoms with Crippen LogP contribution in [0.4, 0.5) is 0 Å². The maximum absolute atomic E-state index is 11.2. The van der Waals surface area contributed by atoms with Gasteiger partial charge in [-0.2, -0.15) is 0 Å². The van der Waals surface area contributed by atoms with Crippen LogP contribution in [0.25, 0.3) is 0 Å². The van der Waals surface area contributed by atoms with Gasteiger partial charge in [0.05, 0.1) is 0 Å². The molecule has 1 aromatic rings. The number of nitrogens with zero attached hydrogens (tertiary/aromatic N) is 2. The zero-order valence-corrected chi connectivity index (χ0v) is 13.2. The maximum atomic E-state index is 11.2. The first-order valence-corrected chi connectivity index (χ1v) is 8.19. The summed E-state index contributed by atoms with van der Waals surface area (Å²) in [6.45, 7) is 6.10. The van der Waals surface area contributed by atoms with Crippen molar-refractivity contribution < 1.29 is 9.90 Å². The summed E-state index contributed by atoms with van der Waals surface area (Å²) >= 11 is 1.74. The third-order valence-electron chi connectivity index (χ3n) is 3.92. The number of carbonyl (C=O) groups is 1. The Labute approximate surface area is 125 Å². The van der Waals surface area contributed by atoms with Crippen molar-refractivity contribution in [1.82, 2.24) is 9.80 Å². The topological polar surface area (TPSA) is 43.8 Å². The van der Waals surface area contributed by atoms with E-state index in [2.05, 4.69) is 16.3 Å². The molecule has 0 amide bonds. The van der Waals surface area contributed by atoms with Crippen molar-refractivity contribution in [2.24, 2.45) is 0 Å². The fraction of sp³-hybridized carbons (Fsp3) is 0.667. The lowest BCUT2D eigenvalue weighted by molar-refractivity contribution is -0.143. The number of hydrogen-bond acceptors (Lipinski definition) is 4. The van der Waals surface area contributed by atoms with Gasteiger partial charge in [-0.05, 0) is 56.4 Å². The largest absolute Gasteiger partial charge is 0.480 e. The lowest BCUT2D eigenvalue weighted by Gasteiger charge is -2.22. The molecule has 1 aliphatic rings. The Balaban J connectivity index is 1.89. The van der Waals surface area contributed by atoms with E-state index in [0.29, 0.717) is 6.42 Å². The molecule has 112 valence electrons. The monoisotopic (exact) mass is 296 g/mol. The molecule has 1 N–H and O–H groups in total. The van der Waals surface area contributed by atoms with Crippen molar-refractivity contribution in [3.05, 3.63) is 21.9 Å². The molecular weight excluding hydrogens is 272 g/mol. The van der Waals surface area contributed by atoms with Crippen LogP contribution in [0.15, 0.2) is 11.4 Å². The van der Waals surface area contributed by atoms with Crippen molar-refractivity contribution in [2.75, 3.05) is 20.1 Å². The van der Waals surface area contributed by atoms with Gasteiger partial charge in [0.25, 0.3) is 0 Å². The van der Waals surface area contributed by atoms with Gasteiger partial charge in [0.15, 0.2) is 0 Å². The van der Waals surface area contributed by atoms with E-state index in [-0.39, 0.29) is 6.04 Å². The van der Waals surface area contributed by atoms with Crippen LogP contribution in [0, 0.1) is 0 Å². The molecule has 2 rings (SSSR count). The van der Waals surface area contributed by atoms with Crippen LogP contribution in [0.3, 0.4) is 0 Å². The minimum absolute atomic E-state index is 0.390. The number of hydrogen-bond donors (Lipinski definition) is 1. The highest BCUT2D eigenvalue weighted by molar-refractivity contribution is 7.10. The molecule has 0 radical (unpaired) electrons. The van der Waals surface area contributed by atoms with E-state index in [9.17, 15) is 9.90 Å². The third-order valence-corrected chi connectivity index (χ3v) is 4.89. The van der Waals surface area contributed by atoms with E-state index in [1.165, 1.54) is 36.4 Å². The maximum Gasteiger partial charge on any atom is 0.320 e. The van der Waals surface area contributed by atoms with Crippen molar-refractivity contribution in [2.45, 2.75) is 45.3 Å². The van der Waals surface area contributed by atoms with Crippen LogP contribution in [0.1, 0.15) is 36.6 Å². The van der Waals surface area contributed by atoms with Gasteiger partial charge in [0.1, 0.15) is 6.04 Å². The Bertz CT molecular complexity index is 441. The molecule has 2 heterocycles. The van der Waals surface area contributed by atoms with Gasteiger partial charge in [0, 0.05) is 18.0 Å². The number of carboxylic acids is 1. The molecule has 20 heavy (non-hydrogen) atoms. The summed E-state index contributed by atoms with van der Waals surface area (Å²) in [5.41, 5.74) is 1.36. The van der Waals surface area contributed by atoms with Gasteiger partial charge in [-0.3, -0.25) is 14.6 Å². The molecule has 1 aliphatic heterocycles. The van der Waals surface area contributed by atoms with Gasteiger partial charge in [0.2, 0.25) is 0 Å². The fourth-order valence-corrected chi connectivity index (χ4v) is 3.76. The summed E-state index contributed by atoms with van der Waals surface area (Å²) < 4.78 is 0. The summed E-state index contributed by atoms with van der Waals surface area (Å²) in [5.74, 6) is -0.733. The van der Waals surface area contributed by atoms with Crippen molar-refractivity contribution in [3.63, 3.8) is 0 Å². The Morgan fingerprint density at radius 1 is 1.50 bits per heavy atom. The minimum Gasteiger partial charge on any atom is -0.480 e. The molecular formula is C15H24N2O2S. The highest BCUT2D eigenvalue weighted by atomic mass is 32.1. The highest BCUT2D eigenvalue weighted by Crippen LogP contribution is 2.21. The van der Waals surface area contributed by atoms with Crippen molar-refractivity contribution in [3.8, 4) is 0 Å². The number of carboxylic acid groups (broad SMARTS) is 1. The van der Waals surface area contributed by atoms with E-state index >= 15 is 0 Å². The summed E-state index contributed by atoms with van der Waals surface area (Å²) in [5, 5.41) is 11.4. The average Bonchev–Trinajstić information content (AvgIpc) is 3.02. The lowest BCUT2D eigenvalue weighted by atomic mass is 10.2. The Kier molecular flexibility index (Phi) is 5.57. The van der Waals surface area contributed by atoms with E-state index in [0.717, 1.165) is 13.1 Å². The number of rotatable bonds is 7. The Hall–Kier alpha value is -0.910. The van der Waals surface area contributed by atoms with Crippen molar-refractivity contribution in [1.29, 1.82) is 0 Å². The number of aliphatic carboxylic acids is 1. The van der Waals surface area contributed by atoms with Gasteiger partial charge >= 0.3 is 5.97 Å². The predicted octanol–water partition coefficient (Wildman–Crippen LogP) is 2.64. The standard InChI is InChI=1S/C15H24N2O2S/c1-3-14(15(18)19)16(2)10-13-8-12(11-20-13)9-17-6-4-5-7-17/h8,11,14H,3-7,9-10H2,1-2H3,(H,18,19). The molecule has 0 aliphatic carbocycles. The summed E-state index contributed by atoms with van der Waals surface area (Å²) in [7, 11) is 1.89. The molecule has 5 heteroatoms. The van der Waals surface area contributed by atoms with Crippen LogP contribution < -0.4 is 0 Å². The Morgan fingerprint density at radius 3 is 2.80 bits per heavy atom. The molecule has 1 unspecified atom stereocenters. The molecule has 0 spiro atoms. The molecule has 1 saturated heterocycles. The normalized spacial score (nSPS) is 17.8. The summed E-state index contributed by atoms with van der Waals surface area (Å²) in [6, 6.07) is 1.84. The van der Waals surface area contributed by atoms with E-state index in [4.69, 9.17) is 0 Å². The zero-order valence-electron chi connectivity index (χ0n) is 12.3. The van der Waals surface area contributed by atoms with Crippen molar-refractivity contribution >= 4 is 17.3 Å². The highest BCUT2D eigenvalue weighted by Gasteiger charge is 2.21. The van der Waals surface area contributed by atoms with Crippen LogP contribution in [0.2, 0.25) is 0 Å². The first-order valence-electron chi connectivity index (χ1n) is 7.32. The van der Waals surface area contributed by atoms with Gasteiger partial charge in [-0.1, -0.05) is 6.92 Å². The molecule has 1 atom stereocenters. The molecule has 0 bridgehead atoms. The van der Waals surface area contributed by atoms with Crippen LogP contribution in [0.5, 0.6) is 0 Å². The second-order valence-electron chi connectivity index (χ2n) is 5.58. The van der Waals surface area contributed by atoms with Gasteiger partial charge in [-0.25, -0.2) is 0 Å². The third kappa shape index (κ3) is 4.04. The average molecular weight is 296 g/mol. The summed E-state index contributed by atoms with van der Waals surface area (Å²) in [4.78, 5) is 16.8. The van der Waals surface area contributed by atoms with Gasteiger partial charge in [-0.15, -0.1) is 11.3 Å². The SMILES string of the molecule is CCC(C(=O)O)N(C)Cc1cc(CN2CCCC2)cs1. The van der Waals surface area contributed by atoms with E-state index in [1.54, 1.807) is 11.3 Å². The number of thiophene rings is 1. The van der Waals surface area contributed by atoms with Crippen LogP contribution in [-0.2, 0) is 17.9 Å². The Morgan fingerprint density at radius 2 is 2.20 bits per heavy atom. The molecule has 1 aromatic heterocycles. The van der Waals surface area contributed by atoms with E-state index < -0.39 is 5.97 Å². The number of likely N-dealkylation sites (tertiary alicyclic amines) is 1. The lowest BCUT2D eigenvalue weighted by Crippen LogP contribution is -2.37. The number of likely N-dealkylation sites (N-methyl/N-ethyl adjacent to an activating group) is 1. The summed E-state index contributed by atoms with van der Waals surface area (Å²) in [6.07, 6.45) is 3.27. The van der Waals surface area contributed by atoms with Crippen LogP contribution >= 0.6 is 11.3 Å². The molecule has 0 aromatic carbocycles. The second kappa shape index (κ2) is 7.20. The molecule has 0 saturated carbocycles. The molecule has 1 fully saturated rings. The second-order valence-corrected chi connectivity index (χ2v) is 6.58.